The van der Waals surface area contributed by atoms with E-state index >= 15 is 0 Å². The van der Waals surface area contributed by atoms with Crippen molar-refractivity contribution in [3.05, 3.63) is 76.0 Å². The van der Waals surface area contributed by atoms with Crippen molar-refractivity contribution in [3.8, 4) is 0 Å². The molecule has 1 fully saturated rings. The van der Waals surface area contributed by atoms with Gasteiger partial charge in [0.15, 0.2) is 0 Å². The number of hydrogen-bond donors (Lipinski definition) is 0. The van der Waals surface area contributed by atoms with Crippen LogP contribution in [-0.2, 0) is 29.5 Å². The average Bonchev–Trinajstić information content (AvgIpc) is 3.15. The zero-order valence-electron chi connectivity index (χ0n) is 13.4. The van der Waals surface area contributed by atoms with Gasteiger partial charge < -0.3 is 17.4 Å². The van der Waals surface area contributed by atoms with Crippen molar-refractivity contribution in [1.82, 2.24) is 14.8 Å². The topological polar surface area (TPSA) is 43.2 Å². The van der Waals surface area contributed by atoms with Gasteiger partial charge in [-0.15, -0.1) is 0 Å². The smallest absolute Gasteiger partial charge is 0.740 e. The van der Waals surface area contributed by atoms with Crippen LogP contribution in [0.3, 0.4) is 0 Å². The minimum absolute atomic E-state index is 0. The number of ether oxygens (including phenoxy) is 1. The summed E-state index contributed by atoms with van der Waals surface area (Å²) in [7, 11) is 0. The summed E-state index contributed by atoms with van der Waals surface area (Å²) in [5.74, 6) is 0. The molecule has 122 valence electrons. The van der Waals surface area contributed by atoms with Gasteiger partial charge in [0, 0.05) is 26.3 Å². The van der Waals surface area contributed by atoms with Crippen LogP contribution in [0.15, 0.2) is 60.0 Å². The van der Waals surface area contributed by atoms with Crippen molar-refractivity contribution in [2.45, 2.75) is 23.4 Å². The summed E-state index contributed by atoms with van der Waals surface area (Å²) in [5.41, 5.74) is 1.15. The molecule has 1 aliphatic rings. The van der Waals surface area contributed by atoms with Gasteiger partial charge in [-0.3, -0.25) is 4.68 Å². The van der Waals surface area contributed by atoms with Gasteiger partial charge in [0.1, 0.15) is 18.0 Å². The monoisotopic (exact) mass is 399 g/mol. The van der Waals surface area contributed by atoms with Gasteiger partial charge in [-0.05, 0) is 12.1 Å². The van der Waals surface area contributed by atoms with Crippen LogP contribution in [0.4, 0.5) is 0 Å². The summed E-state index contributed by atoms with van der Waals surface area (Å²) < 4.78 is 7.81. The first-order valence-electron chi connectivity index (χ1n) is 7.34. The van der Waals surface area contributed by atoms with Crippen molar-refractivity contribution in [3.63, 3.8) is 0 Å². The third kappa shape index (κ3) is 3.47. The van der Waals surface area contributed by atoms with Crippen molar-refractivity contribution in [2.24, 2.45) is 0 Å². The maximum Gasteiger partial charge on any atom is 1.00 e. The van der Waals surface area contributed by atoms with Gasteiger partial charge in [-0.25, -0.2) is 4.98 Å². The average molecular weight is 400 g/mol. The molecule has 2 atom stereocenters. The first-order valence-corrected chi connectivity index (χ1v) is 8.50. The Bertz CT molecular complexity index is 907. The first-order chi connectivity index (χ1) is 11.6. The molecule has 3 aromatic rings. The van der Waals surface area contributed by atoms with Gasteiger partial charge in [0.05, 0.1) is 6.54 Å². The molecule has 1 saturated heterocycles. The molecule has 0 amide bonds. The van der Waals surface area contributed by atoms with E-state index in [0.717, 1.165) is 11.1 Å². The fourth-order valence-electron chi connectivity index (χ4n) is 2.98. The number of hydrogen-bond acceptors (Lipinski definition) is 4. The molecule has 2 heterocycles. The summed E-state index contributed by atoms with van der Waals surface area (Å²) in [6.07, 6.45) is 1.22. The van der Waals surface area contributed by atoms with E-state index in [2.05, 4.69) is 10.1 Å². The first kappa shape index (κ1) is 19.1. The maximum absolute atomic E-state index is 6.44. The minimum atomic E-state index is -0.662. The Morgan fingerprint density at radius 1 is 1.08 bits per heavy atom. The van der Waals surface area contributed by atoms with E-state index in [1.54, 1.807) is 4.68 Å². The Morgan fingerprint density at radius 3 is 2.40 bits per heavy atom. The Labute approximate surface area is 183 Å². The van der Waals surface area contributed by atoms with Crippen LogP contribution in [0.5, 0.6) is 0 Å². The van der Waals surface area contributed by atoms with Crippen LogP contribution < -0.4 is 29.6 Å². The van der Waals surface area contributed by atoms with E-state index in [0.29, 0.717) is 21.7 Å². The van der Waals surface area contributed by atoms with Gasteiger partial charge in [0.2, 0.25) is 0 Å². The fourth-order valence-corrected chi connectivity index (χ4v) is 3.67. The predicted molar refractivity (Wildman–Crippen MR) is 94.1 cm³/mol. The Kier molecular flexibility index (Phi) is 5.75. The molecule has 0 radical (unpaired) electrons. The molecule has 1 aromatic heterocycles. The molecular formula is C17H12Cl2N3NaOS. The van der Waals surface area contributed by atoms with Gasteiger partial charge in [-0.2, -0.15) is 5.10 Å². The summed E-state index contributed by atoms with van der Waals surface area (Å²) >= 11 is 18.0. The standard InChI is InChI=1S/C17H13Cl2N3OS.Na/c18-13-7-3-1-5-11(13)15-17(23-15,9-22-16(24)20-10-21-22)12-6-2-4-8-14(12)19;/h1-8,10,15H,9H2,(H,20,21,24);/q;+1/p-1/t15-,17-;/m0./s1. The zero-order valence-corrected chi connectivity index (χ0v) is 17.7. The molecule has 0 aliphatic carbocycles. The number of benzene rings is 2. The van der Waals surface area contributed by atoms with Crippen molar-refractivity contribution in [2.75, 3.05) is 0 Å². The van der Waals surface area contributed by atoms with E-state index in [-0.39, 0.29) is 35.7 Å². The quantitative estimate of drug-likeness (QED) is 0.375. The van der Waals surface area contributed by atoms with E-state index in [1.807, 2.05) is 48.5 Å². The second kappa shape index (κ2) is 7.53. The molecule has 25 heavy (non-hydrogen) atoms. The second-order valence-electron chi connectivity index (χ2n) is 5.59. The summed E-state index contributed by atoms with van der Waals surface area (Å²) in [6.45, 7) is 0.422. The molecule has 0 N–H and O–H groups in total. The minimum Gasteiger partial charge on any atom is -0.740 e. The molecule has 8 heteroatoms. The largest absolute Gasteiger partial charge is 1.00 e. The molecular weight excluding hydrogens is 388 g/mol. The molecule has 1 aliphatic heterocycles. The molecule has 0 unspecified atom stereocenters. The third-order valence-corrected chi connectivity index (χ3v) is 5.17. The number of nitrogens with zero attached hydrogens (tertiary/aromatic N) is 3. The second-order valence-corrected chi connectivity index (χ2v) is 6.77. The summed E-state index contributed by atoms with van der Waals surface area (Å²) in [6, 6.07) is 15.3. The molecule has 0 saturated carbocycles. The third-order valence-electron chi connectivity index (χ3n) is 4.18. The number of rotatable bonds is 4. The van der Waals surface area contributed by atoms with Crippen molar-refractivity contribution >= 4 is 35.8 Å². The number of aromatic nitrogens is 3. The van der Waals surface area contributed by atoms with Gasteiger partial charge >= 0.3 is 29.6 Å². The van der Waals surface area contributed by atoms with Crippen LogP contribution in [0.2, 0.25) is 10.0 Å². The fraction of sp³-hybridized carbons (Fsp3) is 0.176. The Balaban J connectivity index is 0.00000182. The maximum atomic E-state index is 6.44. The molecule has 4 rings (SSSR count). The van der Waals surface area contributed by atoms with E-state index < -0.39 is 5.60 Å². The molecule has 4 nitrogen and oxygen atoms in total. The Hall–Kier alpha value is -0.660. The zero-order chi connectivity index (χ0) is 16.7. The Morgan fingerprint density at radius 2 is 1.76 bits per heavy atom. The molecule has 0 bridgehead atoms. The normalized spacial score (nSPS) is 21.6. The van der Waals surface area contributed by atoms with Crippen LogP contribution in [-0.4, -0.2) is 14.8 Å². The van der Waals surface area contributed by atoms with E-state index in [4.69, 9.17) is 40.6 Å². The predicted octanol–water partition coefficient (Wildman–Crippen LogP) is 1.16. The van der Waals surface area contributed by atoms with Gasteiger partial charge in [-0.1, -0.05) is 59.6 Å². The van der Waals surface area contributed by atoms with Crippen LogP contribution in [0.25, 0.3) is 0 Å². The molecule has 2 aromatic carbocycles. The van der Waals surface area contributed by atoms with E-state index in [9.17, 15) is 0 Å². The van der Waals surface area contributed by atoms with E-state index in [1.165, 1.54) is 6.33 Å². The van der Waals surface area contributed by atoms with Crippen LogP contribution in [0, 0.1) is 0 Å². The summed E-state index contributed by atoms with van der Waals surface area (Å²) in [4.78, 5) is 4.01. The SMILES string of the molecule is [Na+].[S-]c1ncnn1C[C@@]1(c2ccccc2Cl)O[C@H]1c1ccccc1Cl. The molecule has 0 spiro atoms. The number of epoxide rings is 1. The van der Waals surface area contributed by atoms with Crippen LogP contribution in [0.1, 0.15) is 17.2 Å². The van der Waals surface area contributed by atoms with Crippen molar-refractivity contribution < 1.29 is 34.3 Å². The summed E-state index contributed by atoms with van der Waals surface area (Å²) in [5, 5.41) is 5.90. The van der Waals surface area contributed by atoms with Crippen molar-refractivity contribution in [1.29, 1.82) is 0 Å². The van der Waals surface area contributed by atoms with Crippen LogP contribution >= 0.6 is 23.2 Å². The number of halogens is 2. The van der Waals surface area contributed by atoms with Gasteiger partial charge in [0.25, 0.3) is 0 Å².